The first kappa shape index (κ1) is 22.2. The van der Waals surface area contributed by atoms with E-state index < -0.39 is 21.7 Å². The second-order valence-electron chi connectivity index (χ2n) is 6.53. The van der Waals surface area contributed by atoms with E-state index in [4.69, 9.17) is 0 Å². The average Bonchev–Trinajstić information content (AvgIpc) is 2.75. The van der Waals surface area contributed by atoms with Crippen LogP contribution in [-0.2, 0) is 16.6 Å². The highest BCUT2D eigenvalue weighted by molar-refractivity contribution is 7.92. The molecule has 1 heterocycles. The lowest BCUT2D eigenvalue weighted by Gasteiger charge is -2.10. The van der Waals surface area contributed by atoms with Gasteiger partial charge in [0.05, 0.1) is 5.69 Å². The zero-order valence-electron chi connectivity index (χ0n) is 16.5. The van der Waals surface area contributed by atoms with Gasteiger partial charge in [0.25, 0.3) is 15.9 Å². The number of hydrogen-bond donors (Lipinski definition) is 3. The molecule has 0 fully saturated rings. The highest BCUT2D eigenvalue weighted by Crippen LogP contribution is 2.19. The number of amides is 1. The van der Waals surface area contributed by atoms with Gasteiger partial charge in [-0.3, -0.25) is 9.52 Å². The smallest absolute Gasteiger partial charge is 0.263 e. The number of halogens is 2. The molecule has 0 unspecified atom stereocenters. The summed E-state index contributed by atoms with van der Waals surface area (Å²) in [5, 5.41) is 5.78. The Morgan fingerprint density at radius 3 is 2.52 bits per heavy atom. The van der Waals surface area contributed by atoms with E-state index in [-0.39, 0.29) is 16.5 Å². The summed E-state index contributed by atoms with van der Waals surface area (Å²) in [5.74, 6) is -1.97. The van der Waals surface area contributed by atoms with Crippen LogP contribution in [0, 0.1) is 11.6 Å². The van der Waals surface area contributed by atoms with Crippen molar-refractivity contribution >= 4 is 27.4 Å². The monoisotopic (exact) mass is 446 g/mol. The Bertz CT molecular complexity index is 1190. The lowest BCUT2D eigenvalue weighted by molar-refractivity contribution is 0.0955. The van der Waals surface area contributed by atoms with Gasteiger partial charge in [-0.1, -0.05) is 12.1 Å². The molecule has 31 heavy (non-hydrogen) atoms. The number of nitrogens with zero attached hydrogens (tertiary/aromatic N) is 1. The van der Waals surface area contributed by atoms with Crippen molar-refractivity contribution < 1.29 is 22.0 Å². The molecule has 0 aliphatic rings. The Kier molecular flexibility index (Phi) is 6.81. The molecule has 3 N–H and O–H groups in total. The average molecular weight is 446 g/mol. The van der Waals surface area contributed by atoms with Crippen molar-refractivity contribution in [3.8, 4) is 0 Å². The number of hydrogen-bond acceptors (Lipinski definition) is 5. The van der Waals surface area contributed by atoms with Crippen molar-refractivity contribution in [2.45, 2.75) is 18.4 Å². The third-order valence-corrected chi connectivity index (χ3v) is 5.59. The summed E-state index contributed by atoms with van der Waals surface area (Å²) in [6, 6.07) is 12.6. The Balaban J connectivity index is 1.65. The predicted octanol–water partition coefficient (Wildman–Crippen LogP) is 3.52. The number of pyridine rings is 1. The lowest BCUT2D eigenvalue weighted by atomic mass is 10.1. The Morgan fingerprint density at radius 1 is 1.03 bits per heavy atom. The van der Waals surface area contributed by atoms with Crippen molar-refractivity contribution in [2.24, 2.45) is 0 Å². The zero-order valence-corrected chi connectivity index (χ0v) is 17.3. The van der Waals surface area contributed by atoms with Gasteiger partial charge >= 0.3 is 0 Å². The van der Waals surface area contributed by atoms with Crippen LogP contribution in [0.4, 0.5) is 20.3 Å². The summed E-state index contributed by atoms with van der Waals surface area (Å²) in [6.45, 7) is 2.75. The highest BCUT2D eigenvalue weighted by Gasteiger charge is 2.16. The maximum Gasteiger partial charge on any atom is 0.263 e. The van der Waals surface area contributed by atoms with Crippen LogP contribution in [0.2, 0.25) is 0 Å². The number of carbonyl (C=O) groups excluding carboxylic acids is 1. The SMILES string of the molecule is CCNC(=O)c1cccc(CNc2ccc(S(=O)(=O)Nc3ccc(F)c(F)c3)cn2)c1. The molecule has 0 saturated carbocycles. The lowest BCUT2D eigenvalue weighted by Crippen LogP contribution is -2.22. The summed E-state index contributed by atoms with van der Waals surface area (Å²) in [7, 11) is -4.02. The van der Waals surface area contributed by atoms with Gasteiger partial charge in [-0.2, -0.15) is 0 Å². The fourth-order valence-electron chi connectivity index (χ4n) is 2.70. The molecule has 0 spiro atoms. The van der Waals surface area contributed by atoms with Gasteiger partial charge in [-0.15, -0.1) is 0 Å². The molecule has 3 aromatic rings. The number of sulfonamides is 1. The number of aromatic nitrogens is 1. The summed E-state index contributed by atoms with van der Waals surface area (Å²) in [5.41, 5.74) is 1.29. The van der Waals surface area contributed by atoms with E-state index in [0.29, 0.717) is 24.5 Å². The second kappa shape index (κ2) is 9.52. The van der Waals surface area contributed by atoms with Gasteiger partial charge in [0.2, 0.25) is 0 Å². The minimum absolute atomic E-state index is 0.104. The van der Waals surface area contributed by atoms with Crippen LogP contribution in [-0.4, -0.2) is 25.9 Å². The molecule has 162 valence electrons. The molecule has 2 aromatic carbocycles. The number of anilines is 2. The van der Waals surface area contributed by atoms with E-state index in [0.717, 1.165) is 30.0 Å². The zero-order chi connectivity index (χ0) is 22.4. The third-order valence-electron chi connectivity index (χ3n) is 4.22. The fourth-order valence-corrected chi connectivity index (χ4v) is 3.69. The summed E-state index contributed by atoms with van der Waals surface area (Å²) < 4.78 is 53.3. The summed E-state index contributed by atoms with van der Waals surface area (Å²) in [6.07, 6.45) is 1.15. The first-order valence-corrected chi connectivity index (χ1v) is 10.8. The molecule has 7 nitrogen and oxygen atoms in total. The van der Waals surface area contributed by atoms with E-state index in [1.54, 1.807) is 18.2 Å². The molecule has 0 atom stereocenters. The van der Waals surface area contributed by atoms with E-state index in [1.807, 2.05) is 13.0 Å². The van der Waals surface area contributed by atoms with Gasteiger partial charge in [-0.25, -0.2) is 22.2 Å². The highest BCUT2D eigenvalue weighted by atomic mass is 32.2. The van der Waals surface area contributed by atoms with E-state index in [2.05, 4.69) is 20.3 Å². The molecule has 3 rings (SSSR count). The second-order valence-corrected chi connectivity index (χ2v) is 8.21. The Hall–Kier alpha value is -3.53. The Labute approximate surface area is 178 Å². The molecule has 0 aliphatic heterocycles. The molecule has 0 aliphatic carbocycles. The van der Waals surface area contributed by atoms with Gasteiger partial charge < -0.3 is 10.6 Å². The molecule has 1 amide bonds. The maximum atomic E-state index is 13.3. The van der Waals surface area contributed by atoms with Gasteiger partial charge in [0.15, 0.2) is 11.6 Å². The quantitative estimate of drug-likeness (QED) is 0.492. The van der Waals surface area contributed by atoms with Gasteiger partial charge in [0, 0.05) is 30.9 Å². The van der Waals surface area contributed by atoms with Crippen molar-refractivity contribution in [2.75, 3.05) is 16.6 Å². The van der Waals surface area contributed by atoms with Crippen LogP contribution < -0.4 is 15.4 Å². The van der Waals surface area contributed by atoms with Gasteiger partial charge in [-0.05, 0) is 48.9 Å². The molecule has 1 aromatic heterocycles. The van der Waals surface area contributed by atoms with Crippen molar-refractivity contribution in [3.05, 3.63) is 83.6 Å². The van der Waals surface area contributed by atoms with Gasteiger partial charge in [0.1, 0.15) is 10.7 Å². The van der Waals surface area contributed by atoms with E-state index >= 15 is 0 Å². The molecular formula is C21H20F2N4O3S. The van der Waals surface area contributed by atoms with Crippen LogP contribution >= 0.6 is 0 Å². The molecule has 0 bridgehead atoms. The van der Waals surface area contributed by atoms with Crippen LogP contribution in [0.5, 0.6) is 0 Å². The Morgan fingerprint density at radius 2 is 1.84 bits per heavy atom. The van der Waals surface area contributed by atoms with Crippen LogP contribution in [0.3, 0.4) is 0 Å². The standard InChI is InChI=1S/C21H20F2N4O3S/c1-2-24-21(28)15-5-3-4-14(10-15)12-25-20-9-7-17(13-26-20)31(29,30)27-16-6-8-18(22)19(23)11-16/h3-11,13,27H,2,12H2,1H3,(H,24,28)(H,25,26). The number of rotatable bonds is 8. The van der Waals surface area contributed by atoms with Crippen LogP contribution in [0.1, 0.15) is 22.8 Å². The fraction of sp³-hybridized carbons (Fsp3) is 0.143. The largest absolute Gasteiger partial charge is 0.366 e. The number of benzene rings is 2. The third kappa shape index (κ3) is 5.76. The van der Waals surface area contributed by atoms with E-state index in [1.165, 1.54) is 12.1 Å². The summed E-state index contributed by atoms with van der Waals surface area (Å²) >= 11 is 0. The molecule has 0 radical (unpaired) electrons. The maximum absolute atomic E-state index is 13.3. The molecule has 0 saturated heterocycles. The molecule has 10 heteroatoms. The minimum Gasteiger partial charge on any atom is -0.366 e. The minimum atomic E-state index is -4.02. The van der Waals surface area contributed by atoms with Crippen molar-refractivity contribution in [1.82, 2.24) is 10.3 Å². The number of nitrogens with one attached hydrogen (secondary N) is 3. The summed E-state index contributed by atoms with van der Waals surface area (Å²) in [4.78, 5) is 15.9. The predicted molar refractivity (Wildman–Crippen MR) is 113 cm³/mol. The molecular weight excluding hydrogens is 426 g/mol. The first-order chi connectivity index (χ1) is 14.8. The van der Waals surface area contributed by atoms with Crippen LogP contribution in [0.15, 0.2) is 65.7 Å². The van der Waals surface area contributed by atoms with Crippen LogP contribution in [0.25, 0.3) is 0 Å². The normalized spacial score (nSPS) is 11.1. The van der Waals surface area contributed by atoms with E-state index in [9.17, 15) is 22.0 Å². The van der Waals surface area contributed by atoms with Crippen molar-refractivity contribution in [3.63, 3.8) is 0 Å². The number of carbonyl (C=O) groups is 1. The topological polar surface area (TPSA) is 100 Å². The van der Waals surface area contributed by atoms with Crippen molar-refractivity contribution in [1.29, 1.82) is 0 Å². The first-order valence-electron chi connectivity index (χ1n) is 9.33.